The predicted molar refractivity (Wildman–Crippen MR) is 72.0 cm³/mol. The number of aryl methyl sites for hydroxylation is 2. The normalized spacial score (nSPS) is 11.0. The Morgan fingerprint density at radius 3 is 2.82 bits per heavy atom. The molecule has 0 unspecified atom stereocenters. The van der Waals surface area contributed by atoms with Crippen molar-refractivity contribution in [1.29, 1.82) is 0 Å². The van der Waals surface area contributed by atoms with Gasteiger partial charge in [-0.25, -0.2) is 0 Å². The van der Waals surface area contributed by atoms with E-state index in [0.29, 0.717) is 10.7 Å². The van der Waals surface area contributed by atoms with Crippen LogP contribution in [0.4, 0.5) is 0 Å². The Bertz CT molecular complexity index is 557. The van der Waals surface area contributed by atoms with Gasteiger partial charge in [0.2, 0.25) is 0 Å². The van der Waals surface area contributed by atoms with Gasteiger partial charge in [-0.1, -0.05) is 37.1 Å². The second kappa shape index (κ2) is 4.92. The molecule has 0 radical (unpaired) electrons. The Morgan fingerprint density at radius 1 is 1.41 bits per heavy atom. The molecule has 0 atom stereocenters. The first-order valence-electron chi connectivity index (χ1n) is 5.92. The number of nitrogens with zero attached hydrogens (tertiary/aromatic N) is 1. The van der Waals surface area contributed by atoms with E-state index in [1.165, 1.54) is 5.56 Å². The van der Waals surface area contributed by atoms with Crippen molar-refractivity contribution < 1.29 is 4.79 Å². The second-order valence-electron chi connectivity index (χ2n) is 4.35. The number of rotatable bonds is 4. The maximum atomic E-state index is 11.1. The molecule has 0 aliphatic carbocycles. The molecule has 2 nitrogen and oxygen atoms in total. The molecule has 1 aromatic heterocycles. The number of hydrogen-bond acceptors (Lipinski definition) is 1. The molecular weight excluding hydrogens is 234 g/mol. The highest BCUT2D eigenvalue weighted by molar-refractivity contribution is 6.34. The lowest BCUT2D eigenvalue weighted by atomic mass is 10.1. The van der Waals surface area contributed by atoms with Gasteiger partial charge >= 0.3 is 0 Å². The zero-order chi connectivity index (χ0) is 12.4. The number of halogens is 1. The van der Waals surface area contributed by atoms with Crippen LogP contribution >= 0.6 is 11.6 Å². The van der Waals surface area contributed by atoms with Crippen LogP contribution in [-0.4, -0.2) is 10.9 Å². The molecule has 17 heavy (non-hydrogen) atoms. The minimum absolute atomic E-state index is 0.564. The fourth-order valence-electron chi connectivity index (χ4n) is 2.10. The molecule has 0 bridgehead atoms. The number of fused-ring (bicyclic) bond motifs is 1. The molecule has 90 valence electrons. The molecule has 0 N–H and O–H groups in total. The topological polar surface area (TPSA) is 22.0 Å². The number of hydrogen-bond donors (Lipinski definition) is 0. The van der Waals surface area contributed by atoms with Crippen molar-refractivity contribution >= 4 is 28.8 Å². The quantitative estimate of drug-likeness (QED) is 0.744. The summed E-state index contributed by atoms with van der Waals surface area (Å²) < 4.78 is 2.04. The molecule has 3 heteroatoms. The van der Waals surface area contributed by atoms with Crippen molar-refractivity contribution in [2.24, 2.45) is 0 Å². The standard InChI is InChI=1S/C14H16ClNO/c1-3-4-7-16-13-8-10(2)5-6-11(13)12(9-17)14(16)15/h5-6,8-9H,3-4,7H2,1-2H3. The molecule has 1 heterocycles. The number of unbranched alkanes of at least 4 members (excludes halogenated alkanes) is 1. The van der Waals surface area contributed by atoms with E-state index < -0.39 is 0 Å². The van der Waals surface area contributed by atoms with Crippen molar-refractivity contribution in [1.82, 2.24) is 4.57 Å². The molecule has 0 fully saturated rings. The molecule has 0 saturated carbocycles. The highest BCUT2D eigenvalue weighted by Crippen LogP contribution is 2.29. The van der Waals surface area contributed by atoms with Crippen molar-refractivity contribution in [3.8, 4) is 0 Å². The first-order chi connectivity index (χ1) is 8.19. The molecule has 2 aromatic rings. The highest BCUT2D eigenvalue weighted by atomic mass is 35.5. The van der Waals surface area contributed by atoms with E-state index in [2.05, 4.69) is 13.0 Å². The van der Waals surface area contributed by atoms with Crippen molar-refractivity contribution in [3.05, 3.63) is 34.5 Å². The van der Waals surface area contributed by atoms with Gasteiger partial charge in [-0.15, -0.1) is 0 Å². The average Bonchev–Trinajstić information content (AvgIpc) is 2.58. The van der Waals surface area contributed by atoms with Crippen molar-refractivity contribution in [2.75, 3.05) is 0 Å². The Morgan fingerprint density at radius 2 is 2.18 bits per heavy atom. The van der Waals surface area contributed by atoms with Crippen LogP contribution in [0.2, 0.25) is 5.15 Å². The second-order valence-corrected chi connectivity index (χ2v) is 4.71. The zero-order valence-electron chi connectivity index (χ0n) is 10.2. The third-order valence-electron chi connectivity index (χ3n) is 3.05. The highest BCUT2D eigenvalue weighted by Gasteiger charge is 2.14. The van der Waals surface area contributed by atoms with Gasteiger partial charge in [-0.05, 0) is 25.0 Å². The van der Waals surface area contributed by atoms with Crippen molar-refractivity contribution in [3.63, 3.8) is 0 Å². The van der Waals surface area contributed by atoms with E-state index in [1.807, 2.05) is 23.6 Å². The number of carbonyl (C=O) groups is 1. The third-order valence-corrected chi connectivity index (χ3v) is 3.45. The fraction of sp³-hybridized carbons (Fsp3) is 0.357. The van der Waals surface area contributed by atoms with Crippen LogP contribution in [0.1, 0.15) is 35.7 Å². The maximum absolute atomic E-state index is 11.1. The van der Waals surface area contributed by atoms with Crippen LogP contribution in [-0.2, 0) is 6.54 Å². The van der Waals surface area contributed by atoms with Gasteiger partial charge in [0.15, 0.2) is 6.29 Å². The van der Waals surface area contributed by atoms with Gasteiger partial charge in [-0.2, -0.15) is 0 Å². The van der Waals surface area contributed by atoms with Gasteiger partial charge in [0.05, 0.1) is 11.1 Å². The average molecular weight is 250 g/mol. The first-order valence-corrected chi connectivity index (χ1v) is 6.30. The van der Waals surface area contributed by atoms with Gasteiger partial charge in [0.25, 0.3) is 0 Å². The summed E-state index contributed by atoms with van der Waals surface area (Å²) in [6.45, 7) is 5.06. The van der Waals surface area contributed by atoms with Crippen LogP contribution < -0.4 is 0 Å². The minimum Gasteiger partial charge on any atom is -0.331 e. The minimum atomic E-state index is 0.564. The van der Waals surface area contributed by atoms with Gasteiger partial charge in [0, 0.05) is 11.9 Å². The Labute approximate surface area is 106 Å². The fourth-order valence-corrected chi connectivity index (χ4v) is 2.42. The summed E-state index contributed by atoms with van der Waals surface area (Å²) in [7, 11) is 0. The lowest BCUT2D eigenvalue weighted by Gasteiger charge is -2.06. The molecule has 0 saturated heterocycles. The number of aromatic nitrogens is 1. The summed E-state index contributed by atoms with van der Waals surface area (Å²) in [5, 5.41) is 1.51. The van der Waals surface area contributed by atoms with Crippen LogP contribution in [0.3, 0.4) is 0 Å². The number of aldehydes is 1. The lowest BCUT2D eigenvalue weighted by molar-refractivity contribution is 0.112. The molecule has 0 aliphatic heterocycles. The smallest absolute Gasteiger partial charge is 0.153 e. The Balaban J connectivity index is 2.67. The summed E-state index contributed by atoms with van der Waals surface area (Å²) in [5.74, 6) is 0. The van der Waals surface area contributed by atoms with E-state index >= 15 is 0 Å². The summed E-state index contributed by atoms with van der Waals surface area (Å²) in [6.07, 6.45) is 3.02. The molecule has 2 rings (SSSR count). The largest absolute Gasteiger partial charge is 0.331 e. The van der Waals surface area contributed by atoms with Crippen molar-refractivity contribution in [2.45, 2.75) is 33.2 Å². The first kappa shape index (κ1) is 12.2. The molecule has 0 aliphatic rings. The molecule has 0 spiro atoms. The van der Waals surface area contributed by atoms with Crippen LogP contribution in [0.25, 0.3) is 10.9 Å². The number of benzene rings is 1. The van der Waals surface area contributed by atoms with Gasteiger partial charge < -0.3 is 4.57 Å². The third kappa shape index (κ3) is 2.09. The van der Waals surface area contributed by atoms with E-state index in [4.69, 9.17) is 11.6 Å². The van der Waals surface area contributed by atoms with Gasteiger partial charge in [0.1, 0.15) is 5.15 Å². The summed E-state index contributed by atoms with van der Waals surface area (Å²) in [6, 6.07) is 6.07. The van der Waals surface area contributed by atoms with Gasteiger partial charge in [-0.3, -0.25) is 4.79 Å². The molecule has 1 aromatic carbocycles. The summed E-state index contributed by atoms with van der Waals surface area (Å²) >= 11 is 6.27. The van der Waals surface area contributed by atoms with E-state index in [9.17, 15) is 4.79 Å². The Hall–Kier alpha value is -1.28. The predicted octanol–water partition coefficient (Wildman–Crippen LogP) is 4.22. The monoisotopic (exact) mass is 249 g/mol. The van der Waals surface area contributed by atoms with E-state index in [1.54, 1.807) is 0 Å². The van der Waals surface area contributed by atoms with Crippen LogP contribution in [0.5, 0.6) is 0 Å². The summed E-state index contributed by atoms with van der Waals surface area (Å²) in [5.41, 5.74) is 2.85. The molecular formula is C14H16ClNO. The summed E-state index contributed by atoms with van der Waals surface area (Å²) in [4.78, 5) is 11.1. The number of carbonyl (C=O) groups excluding carboxylic acids is 1. The zero-order valence-corrected chi connectivity index (χ0v) is 10.9. The Kier molecular flexibility index (Phi) is 3.53. The molecule has 0 amide bonds. The van der Waals surface area contributed by atoms with Crippen LogP contribution in [0, 0.1) is 6.92 Å². The van der Waals surface area contributed by atoms with E-state index in [0.717, 1.165) is 36.6 Å². The van der Waals surface area contributed by atoms with E-state index in [-0.39, 0.29) is 0 Å². The maximum Gasteiger partial charge on any atom is 0.153 e. The SMILES string of the molecule is CCCCn1c(Cl)c(C=O)c2ccc(C)cc21. The lowest BCUT2D eigenvalue weighted by Crippen LogP contribution is -1.97. The van der Waals surface area contributed by atoms with Crippen LogP contribution in [0.15, 0.2) is 18.2 Å².